The van der Waals surface area contributed by atoms with Gasteiger partial charge in [-0.1, -0.05) is 12.1 Å². The number of ether oxygens (including phenoxy) is 1. The van der Waals surface area contributed by atoms with E-state index < -0.39 is 39.1 Å². The van der Waals surface area contributed by atoms with Crippen molar-refractivity contribution in [1.29, 1.82) is 0 Å². The molecule has 0 fully saturated rings. The van der Waals surface area contributed by atoms with Gasteiger partial charge in [-0.15, -0.1) is 0 Å². The largest absolute Gasteiger partial charge is 0.481 e. The van der Waals surface area contributed by atoms with E-state index in [9.17, 15) is 26.4 Å². The molecular weight excluding hydrogens is 391 g/mol. The molecule has 0 aliphatic rings. The highest BCUT2D eigenvalue weighted by Crippen LogP contribution is 2.33. The second-order valence-corrected chi connectivity index (χ2v) is 6.65. The average Bonchev–Trinajstić information content (AvgIpc) is 2.64. The molecule has 0 bridgehead atoms. The van der Waals surface area contributed by atoms with Gasteiger partial charge in [0, 0.05) is 12.3 Å². The molecule has 0 atom stereocenters. The van der Waals surface area contributed by atoms with Crippen LogP contribution in [0.25, 0.3) is 0 Å². The summed E-state index contributed by atoms with van der Waals surface area (Å²) in [6.07, 6.45) is -3.52. The Morgan fingerprint density at radius 2 is 1.93 bits per heavy atom. The molecule has 1 aromatic carbocycles. The lowest BCUT2D eigenvalue weighted by Crippen LogP contribution is -2.40. The van der Waals surface area contributed by atoms with E-state index in [2.05, 4.69) is 20.8 Å². The van der Waals surface area contributed by atoms with Crippen LogP contribution in [0.4, 0.5) is 19.1 Å². The fourth-order valence-corrected chi connectivity index (χ4v) is 3.07. The molecule has 27 heavy (non-hydrogen) atoms. The molecule has 1 aromatic heterocycles. The van der Waals surface area contributed by atoms with E-state index in [0.717, 1.165) is 18.2 Å². The maximum atomic E-state index is 12.9. The third-order valence-electron chi connectivity index (χ3n) is 3.06. The number of alkyl halides is 3. The number of nitrogens with one attached hydrogen (secondary N) is 3. The number of methoxy groups -OCH3 is 1. The van der Waals surface area contributed by atoms with Crippen LogP contribution < -0.4 is 20.3 Å². The summed E-state index contributed by atoms with van der Waals surface area (Å²) in [5.41, 5.74) is 3.08. The smallest absolute Gasteiger partial charge is 0.417 e. The van der Waals surface area contributed by atoms with Crippen molar-refractivity contribution in [3.05, 3.63) is 42.1 Å². The van der Waals surface area contributed by atoms with E-state index >= 15 is 0 Å². The zero-order valence-electron chi connectivity index (χ0n) is 13.7. The molecule has 13 heteroatoms. The highest BCUT2D eigenvalue weighted by Gasteiger charge is 2.36. The van der Waals surface area contributed by atoms with Gasteiger partial charge in [-0.2, -0.15) is 18.2 Å². The molecule has 9 nitrogen and oxygen atoms in total. The van der Waals surface area contributed by atoms with Gasteiger partial charge >= 0.3 is 6.18 Å². The van der Waals surface area contributed by atoms with Crippen LogP contribution in [-0.2, 0) is 21.0 Å². The molecule has 3 N–H and O–H groups in total. The fourth-order valence-electron chi connectivity index (χ4n) is 1.86. The average molecular weight is 405 g/mol. The Morgan fingerprint density at radius 1 is 1.22 bits per heavy atom. The number of benzene rings is 1. The Balaban J connectivity index is 2.00. The van der Waals surface area contributed by atoms with E-state index in [0.29, 0.717) is 6.07 Å². The summed E-state index contributed by atoms with van der Waals surface area (Å²) < 4.78 is 69.7. The van der Waals surface area contributed by atoms with Crippen molar-refractivity contribution in [2.24, 2.45) is 0 Å². The maximum Gasteiger partial charge on any atom is 0.417 e. The summed E-state index contributed by atoms with van der Waals surface area (Å²) in [4.78, 5) is 18.4. The van der Waals surface area contributed by atoms with E-state index in [1.165, 1.54) is 19.4 Å². The van der Waals surface area contributed by atoms with Crippen molar-refractivity contribution >= 4 is 21.9 Å². The van der Waals surface area contributed by atoms with E-state index in [4.69, 9.17) is 4.74 Å². The van der Waals surface area contributed by atoms with Crippen LogP contribution >= 0.6 is 0 Å². The van der Waals surface area contributed by atoms with Gasteiger partial charge in [-0.05, 0) is 12.1 Å². The van der Waals surface area contributed by atoms with Crippen molar-refractivity contribution < 1.29 is 31.1 Å². The van der Waals surface area contributed by atoms with Crippen LogP contribution in [0, 0.1) is 0 Å². The number of carbonyl (C=O) groups excluding carboxylic acids is 1. The van der Waals surface area contributed by atoms with E-state index in [-0.39, 0.29) is 11.8 Å². The number of amides is 1. The lowest BCUT2D eigenvalue weighted by Gasteiger charge is -2.13. The first-order chi connectivity index (χ1) is 12.6. The SMILES string of the molecule is COc1ccnc(NNC(=O)CNS(=O)(=O)c2ccccc2C(F)(F)F)n1. The lowest BCUT2D eigenvalue weighted by molar-refractivity contribution is -0.139. The quantitative estimate of drug-likeness (QED) is 0.586. The number of hydrazine groups is 1. The van der Waals surface area contributed by atoms with Gasteiger partial charge in [0.2, 0.25) is 21.9 Å². The van der Waals surface area contributed by atoms with Crippen molar-refractivity contribution in [2.45, 2.75) is 11.1 Å². The van der Waals surface area contributed by atoms with Crippen molar-refractivity contribution in [1.82, 2.24) is 20.1 Å². The summed E-state index contributed by atoms with van der Waals surface area (Å²) in [5, 5.41) is 0. The summed E-state index contributed by atoms with van der Waals surface area (Å²) in [6, 6.07) is 5.10. The second kappa shape index (κ2) is 8.18. The third-order valence-corrected chi connectivity index (χ3v) is 4.52. The first kappa shape index (κ1) is 20.4. The first-order valence-electron chi connectivity index (χ1n) is 7.21. The summed E-state index contributed by atoms with van der Waals surface area (Å²) >= 11 is 0. The Labute approximate surface area is 152 Å². The van der Waals surface area contributed by atoms with Crippen LogP contribution in [0.3, 0.4) is 0 Å². The van der Waals surface area contributed by atoms with Gasteiger partial charge in [-0.3, -0.25) is 15.6 Å². The lowest BCUT2D eigenvalue weighted by atomic mass is 10.2. The predicted octanol–water partition coefficient (Wildman–Crippen LogP) is 0.926. The van der Waals surface area contributed by atoms with Crippen molar-refractivity contribution in [3.63, 3.8) is 0 Å². The zero-order valence-corrected chi connectivity index (χ0v) is 14.6. The maximum absolute atomic E-state index is 12.9. The Morgan fingerprint density at radius 3 is 2.59 bits per heavy atom. The molecule has 1 amide bonds. The van der Waals surface area contributed by atoms with Gasteiger partial charge in [0.1, 0.15) is 0 Å². The minimum Gasteiger partial charge on any atom is -0.481 e. The number of aromatic nitrogens is 2. The molecule has 0 unspecified atom stereocenters. The van der Waals surface area contributed by atoms with Crippen LogP contribution in [0.5, 0.6) is 5.88 Å². The zero-order chi connectivity index (χ0) is 20.1. The summed E-state index contributed by atoms with van der Waals surface area (Å²) in [6.45, 7) is -0.814. The van der Waals surface area contributed by atoms with Gasteiger partial charge in [0.25, 0.3) is 5.91 Å². The number of rotatable bonds is 7. The molecular formula is C14H14F3N5O4S. The normalized spacial score (nSPS) is 11.7. The number of hydrogen-bond acceptors (Lipinski definition) is 7. The summed E-state index contributed by atoms with van der Waals surface area (Å²) in [7, 11) is -3.20. The van der Waals surface area contributed by atoms with Crippen LogP contribution in [-0.4, -0.2) is 37.9 Å². The van der Waals surface area contributed by atoms with Crippen molar-refractivity contribution in [3.8, 4) is 5.88 Å². The number of halogens is 3. The highest BCUT2D eigenvalue weighted by molar-refractivity contribution is 7.89. The standard InChI is InChI=1S/C14H14F3N5O4S/c1-26-12-6-7-18-13(20-12)22-21-11(23)8-19-27(24,25)10-5-3-2-4-9(10)14(15,16)17/h2-7,19H,8H2,1H3,(H,21,23)(H,18,20,22). The van der Waals surface area contributed by atoms with Gasteiger partial charge < -0.3 is 4.74 Å². The Kier molecular flexibility index (Phi) is 6.17. The molecule has 0 aliphatic heterocycles. The number of hydrogen-bond donors (Lipinski definition) is 3. The Bertz CT molecular complexity index is 921. The topological polar surface area (TPSA) is 122 Å². The van der Waals surface area contributed by atoms with E-state index in [1.807, 2.05) is 0 Å². The number of nitrogens with zero attached hydrogens (tertiary/aromatic N) is 2. The molecule has 0 radical (unpaired) electrons. The molecule has 146 valence electrons. The first-order valence-corrected chi connectivity index (χ1v) is 8.69. The highest BCUT2D eigenvalue weighted by atomic mass is 32.2. The molecule has 1 heterocycles. The number of anilines is 1. The monoisotopic (exact) mass is 405 g/mol. The minimum absolute atomic E-state index is 0.0343. The van der Waals surface area contributed by atoms with Crippen molar-refractivity contribution in [2.75, 3.05) is 19.1 Å². The molecule has 2 aromatic rings. The molecule has 2 rings (SSSR count). The van der Waals surface area contributed by atoms with Gasteiger partial charge in [0.15, 0.2) is 0 Å². The van der Waals surface area contributed by atoms with Gasteiger partial charge in [0.05, 0.1) is 24.1 Å². The second-order valence-electron chi connectivity index (χ2n) is 4.91. The van der Waals surface area contributed by atoms with Crippen LogP contribution in [0.1, 0.15) is 5.56 Å². The Hall–Kier alpha value is -2.93. The molecule has 0 spiro atoms. The van der Waals surface area contributed by atoms with Crippen LogP contribution in [0.15, 0.2) is 41.4 Å². The molecule has 0 saturated carbocycles. The fraction of sp³-hybridized carbons (Fsp3) is 0.214. The molecule has 0 saturated heterocycles. The van der Waals surface area contributed by atoms with Crippen LogP contribution in [0.2, 0.25) is 0 Å². The predicted molar refractivity (Wildman–Crippen MR) is 87.0 cm³/mol. The third kappa shape index (κ3) is 5.52. The summed E-state index contributed by atoms with van der Waals surface area (Å²) in [5.74, 6) is -0.700. The molecule has 0 aliphatic carbocycles. The number of carbonyl (C=O) groups is 1. The van der Waals surface area contributed by atoms with Gasteiger partial charge in [-0.25, -0.2) is 18.1 Å². The minimum atomic E-state index is -4.86. The van der Waals surface area contributed by atoms with E-state index in [1.54, 1.807) is 4.72 Å². The number of sulfonamides is 1.